The summed E-state index contributed by atoms with van der Waals surface area (Å²) in [7, 11) is 1.95. The van der Waals surface area contributed by atoms with Gasteiger partial charge in [0.25, 0.3) is 0 Å². The molecule has 1 heterocycles. The van der Waals surface area contributed by atoms with Crippen LogP contribution in [0, 0.1) is 5.82 Å². The molecule has 1 aliphatic heterocycles. The lowest BCUT2D eigenvalue weighted by atomic mass is 10.1. The Morgan fingerprint density at radius 1 is 1.39 bits per heavy atom. The highest BCUT2D eigenvalue weighted by Gasteiger charge is 2.19. The van der Waals surface area contributed by atoms with E-state index in [1.165, 1.54) is 18.6 Å². The monoisotopic (exact) mass is 322 g/mol. The first-order chi connectivity index (χ1) is 11.1. The van der Waals surface area contributed by atoms with Crippen LogP contribution in [0.1, 0.15) is 31.7 Å². The van der Waals surface area contributed by atoms with Crippen LogP contribution in [0.15, 0.2) is 24.3 Å². The average molecular weight is 322 g/mol. The molecule has 1 aliphatic rings. The molecule has 4 nitrogen and oxygen atoms in total. The Morgan fingerprint density at radius 2 is 2.22 bits per heavy atom. The molecule has 1 amide bonds. The highest BCUT2D eigenvalue weighted by molar-refractivity contribution is 5.78. The van der Waals surface area contributed by atoms with Gasteiger partial charge in [0.1, 0.15) is 5.82 Å². The smallest absolute Gasteiger partial charge is 0.237 e. The van der Waals surface area contributed by atoms with Crippen LogP contribution in [0.4, 0.5) is 4.39 Å². The number of likely N-dealkylation sites (N-methyl/N-ethyl adjacent to an activating group) is 2. The lowest BCUT2D eigenvalue weighted by Gasteiger charge is -2.29. The molecular formula is C18H27FN2O2. The van der Waals surface area contributed by atoms with Crippen LogP contribution in [0.25, 0.3) is 0 Å². The van der Waals surface area contributed by atoms with Gasteiger partial charge >= 0.3 is 0 Å². The average Bonchev–Trinajstić information content (AvgIpc) is 2.53. The maximum absolute atomic E-state index is 13.3. The second-order valence-corrected chi connectivity index (χ2v) is 6.22. The minimum Gasteiger partial charge on any atom is -0.377 e. The van der Waals surface area contributed by atoms with Gasteiger partial charge in [0.2, 0.25) is 5.91 Å². The SMILES string of the molecule is CCN(Cc1cccc(F)c1)C(=O)CN(C)CC1CCCCO1. The first kappa shape index (κ1) is 17.9. The molecule has 0 N–H and O–H groups in total. The number of benzene rings is 1. The highest BCUT2D eigenvalue weighted by Crippen LogP contribution is 2.13. The largest absolute Gasteiger partial charge is 0.377 e. The quantitative estimate of drug-likeness (QED) is 0.774. The molecule has 1 fully saturated rings. The zero-order valence-electron chi connectivity index (χ0n) is 14.1. The van der Waals surface area contributed by atoms with Crippen molar-refractivity contribution in [2.75, 3.05) is 33.3 Å². The van der Waals surface area contributed by atoms with E-state index in [9.17, 15) is 9.18 Å². The van der Waals surface area contributed by atoms with Gasteiger partial charge < -0.3 is 9.64 Å². The normalized spacial score (nSPS) is 18.2. The van der Waals surface area contributed by atoms with Crippen molar-refractivity contribution in [1.29, 1.82) is 0 Å². The molecule has 1 aromatic rings. The molecule has 1 unspecified atom stereocenters. The predicted molar refractivity (Wildman–Crippen MR) is 88.6 cm³/mol. The Hall–Kier alpha value is -1.46. The summed E-state index contributed by atoms with van der Waals surface area (Å²) in [6.45, 7) is 4.98. The number of nitrogens with zero attached hydrogens (tertiary/aromatic N) is 2. The van der Waals surface area contributed by atoms with Crippen molar-refractivity contribution in [3.8, 4) is 0 Å². The van der Waals surface area contributed by atoms with Crippen LogP contribution in [-0.4, -0.2) is 55.1 Å². The molecule has 1 atom stereocenters. The third-order valence-corrected chi connectivity index (χ3v) is 4.19. The molecule has 5 heteroatoms. The number of carbonyl (C=O) groups is 1. The maximum Gasteiger partial charge on any atom is 0.237 e. The molecular weight excluding hydrogens is 295 g/mol. The molecule has 0 bridgehead atoms. The molecule has 0 radical (unpaired) electrons. The van der Waals surface area contributed by atoms with Crippen molar-refractivity contribution < 1.29 is 13.9 Å². The van der Waals surface area contributed by atoms with Gasteiger partial charge in [0, 0.05) is 26.2 Å². The molecule has 0 spiro atoms. The Bertz CT molecular complexity index is 504. The standard InChI is InChI=1S/C18H27FN2O2/c1-3-21(12-15-7-6-8-16(19)11-15)18(22)14-20(2)13-17-9-4-5-10-23-17/h6-8,11,17H,3-5,9-10,12-14H2,1-2H3. The summed E-state index contributed by atoms with van der Waals surface area (Å²) in [4.78, 5) is 16.2. The van der Waals surface area contributed by atoms with E-state index < -0.39 is 0 Å². The lowest BCUT2D eigenvalue weighted by molar-refractivity contribution is -0.133. The number of carbonyl (C=O) groups excluding carboxylic acids is 1. The Kier molecular flexibility index (Phi) is 6.99. The fourth-order valence-electron chi connectivity index (χ4n) is 2.93. The van der Waals surface area contributed by atoms with E-state index in [4.69, 9.17) is 4.74 Å². The number of amides is 1. The van der Waals surface area contributed by atoms with E-state index in [0.717, 1.165) is 31.6 Å². The van der Waals surface area contributed by atoms with E-state index in [1.54, 1.807) is 11.0 Å². The number of hydrogen-bond donors (Lipinski definition) is 0. The van der Waals surface area contributed by atoms with Gasteiger partial charge in [-0.25, -0.2) is 4.39 Å². The molecule has 128 valence electrons. The summed E-state index contributed by atoms with van der Waals surface area (Å²) < 4.78 is 19.0. The van der Waals surface area contributed by atoms with Gasteiger partial charge in [-0.2, -0.15) is 0 Å². The summed E-state index contributed by atoms with van der Waals surface area (Å²) in [5.74, 6) is -0.201. The van der Waals surface area contributed by atoms with Crippen molar-refractivity contribution in [2.24, 2.45) is 0 Å². The van der Waals surface area contributed by atoms with Gasteiger partial charge in [0.05, 0.1) is 12.6 Å². The second kappa shape index (κ2) is 8.99. The second-order valence-electron chi connectivity index (χ2n) is 6.22. The summed E-state index contributed by atoms with van der Waals surface area (Å²) in [5.41, 5.74) is 0.818. The number of hydrogen-bond acceptors (Lipinski definition) is 3. The van der Waals surface area contributed by atoms with E-state index in [0.29, 0.717) is 19.6 Å². The van der Waals surface area contributed by atoms with Crippen LogP contribution < -0.4 is 0 Å². The predicted octanol–water partition coefficient (Wildman–Crippen LogP) is 2.68. The van der Waals surface area contributed by atoms with Gasteiger partial charge in [-0.1, -0.05) is 12.1 Å². The zero-order chi connectivity index (χ0) is 16.7. The topological polar surface area (TPSA) is 32.8 Å². The van der Waals surface area contributed by atoms with Gasteiger partial charge in [-0.05, 0) is 50.9 Å². The fraction of sp³-hybridized carbons (Fsp3) is 0.611. The van der Waals surface area contributed by atoms with Crippen molar-refractivity contribution in [3.63, 3.8) is 0 Å². The van der Waals surface area contributed by atoms with Crippen molar-refractivity contribution in [3.05, 3.63) is 35.6 Å². The van der Waals surface area contributed by atoms with Crippen LogP contribution in [0.3, 0.4) is 0 Å². The number of rotatable bonds is 7. The van der Waals surface area contributed by atoms with E-state index in [2.05, 4.69) is 0 Å². The molecule has 0 aliphatic carbocycles. The third kappa shape index (κ3) is 5.92. The van der Waals surface area contributed by atoms with Crippen molar-refractivity contribution in [2.45, 2.75) is 38.8 Å². The van der Waals surface area contributed by atoms with Crippen LogP contribution >= 0.6 is 0 Å². The number of ether oxygens (including phenoxy) is 1. The van der Waals surface area contributed by atoms with E-state index >= 15 is 0 Å². The Morgan fingerprint density at radius 3 is 2.87 bits per heavy atom. The minimum atomic E-state index is -0.266. The maximum atomic E-state index is 13.3. The third-order valence-electron chi connectivity index (χ3n) is 4.19. The number of halogens is 1. The zero-order valence-corrected chi connectivity index (χ0v) is 14.1. The van der Waals surface area contributed by atoms with Gasteiger partial charge in [-0.3, -0.25) is 9.69 Å². The van der Waals surface area contributed by atoms with Gasteiger partial charge in [0.15, 0.2) is 0 Å². The van der Waals surface area contributed by atoms with Crippen LogP contribution in [-0.2, 0) is 16.1 Å². The molecule has 1 aromatic carbocycles. The van der Waals surface area contributed by atoms with Crippen LogP contribution in [0.2, 0.25) is 0 Å². The first-order valence-corrected chi connectivity index (χ1v) is 8.41. The summed E-state index contributed by atoms with van der Waals surface area (Å²) in [6.07, 6.45) is 3.64. The highest BCUT2D eigenvalue weighted by atomic mass is 19.1. The summed E-state index contributed by atoms with van der Waals surface area (Å²) in [6, 6.07) is 6.42. The van der Waals surface area contributed by atoms with Gasteiger partial charge in [-0.15, -0.1) is 0 Å². The van der Waals surface area contributed by atoms with Crippen molar-refractivity contribution in [1.82, 2.24) is 9.80 Å². The van der Waals surface area contributed by atoms with E-state index in [-0.39, 0.29) is 17.8 Å². The Labute approximate surface area is 138 Å². The van der Waals surface area contributed by atoms with Crippen LogP contribution in [0.5, 0.6) is 0 Å². The summed E-state index contributed by atoms with van der Waals surface area (Å²) >= 11 is 0. The molecule has 0 aromatic heterocycles. The Balaban J connectivity index is 1.83. The minimum absolute atomic E-state index is 0.0649. The lowest BCUT2D eigenvalue weighted by Crippen LogP contribution is -2.42. The molecule has 23 heavy (non-hydrogen) atoms. The van der Waals surface area contributed by atoms with E-state index in [1.807, 2.05) is 24.9 Å². The molecule has 1 saturated heterocycles. The first-order valence-electron chi connectivity index (χ1n) is 8.41. The fourth-order valence-corrected chi connectivity index (χ4v) is 2.93. The summed E-state index contributed by atoms with van der Waals surface area (Å²) in [5, 5.41) is 0. The molecule has 2 rings (SSSR count). The molecule has 0 saturated carbocycles. The van der Waals surface area contributed by atoms with Crippen molar-refractivity contribution >= 4 is 5.91 Å².